The summed E-state index contributed by atoms with van der Waals surface area (Å²) in [5.41, 5.74) is 2.09. The number of carbonyl (C=O) groups is 2. The second-order valence-corrected chi connectivity index (χ2v) is 8.50. The number of nitro groups is 1. The van der Waals surface area contributed by atoms with E-state index >= 15 is 0 Å². The van der Waals surface area contributed by atoms with Crippen molar-refractivity contribution >= 4 is 45.8 Å². The van der Waals surface area contributed by atoms with E-state index in [1.807, 2.05) is 12.1 Å². The molecule has 0 atom stereocenters. The predicted octanol–water partition coefficient (Wildman–Crippen LogP) is 6.28. The molecule has 0 aliphatic carbocycles. The van der Waals surface area contributed by atoms with Gasteiger partial charge in [-0.15, -0.1) is 11.3 Å². The van der Waals surface area contributed by atoms with E-state index in [0.717, 1.165) is 5.56 Å². The zero-order chi connectivity index (χ0) is 24.9. The van der Waals surface area contributed by atoms with Crippen molar-refractivity contribution in [1.29, 1.82) is 0 Å². The first-order chi connectivity index (χ1) is 16.8. The van der Waals surface area contributed by atoms with Crippen LogP contribution in [0.2, 0.25) is 5.02 Å². The molecule has 11 heteroatoms. The number of ether oxygens (including phenoxy) is 1. The number of carbonyl (C=O) groups excluding carboxylic acids is 1. The number of amides is 1. The Morgan fingerprint density at radius 2 is 1.69 bits per heavy atom. The quantitative estimate of drug-likeness (QED) is 0.230. The highest BCUT2D eigenvalue weighted by Gasteiger charge is 2.23. The largest absolute Gasteiger partial charge is 0.478 e. The van der Waals surface area contributed by atoms with Crippen molar-refractivity contribution in [2.75, 3.05) is 4.90 Å². The molecule has 176 valence electrons. The molecule has 0 bridgehead atoms. The summed E-state index contributed by atoms with van der Waals surface area (Å²) in [6, 6.07) is 18.3. The number of nitro benzene ring substituents is 1. The summed E-state index contributed by atoms with van der Waals surface area (Å²) in [6.07, 6.45) is -0.752. The molecule has 4 aromatic rings. The van der Waals surface area contributed by atoms with Gasteiger partial charge >= 0.3 is 12.1 Å². The molecule has 0 aliphatic heterocycles. The Labute approximate surface area is 208 Å². The van der Waals surface area contributed by atoms with Crippen LogP contribution in [-0.2, 0) is 6.54 Å². The number of non-ortho nitro benzene ring substituents is 1. The molecule has 1 N–H and O–H groups in total. The fraction of sp³-hybridized carbons (Fsp3) is 0.0417. The summed E-state index contributed by atoms with van der Waals surface area (Å²) in [5.74, 6) is -0.931. The van der Waals surface area contributed by atoms with Gasteiger partial charge in [0.15, 0.2) is 5.13 Å². The Balaban J connectivity index is 1.62. The van der Waals surface area contributed by atoms with Gasteiger partial charge in [-0.25, -0.2) is 19.5 Å². The number of rotatable bonds is 7. The van der Waals surface area contributed by atoms with Gasteiger partial charge in [0.2, 0.25) is 0 Å². The molecule has 35 heavy (non-hydrogen) atoms. The molecule has 0 saturated heterocycles. The van der Waals surface area contributed by atoms with Crippen molar-refractivity contribution in [3.63, 3.8) is 0 Å². The number of carboxylic acid groups (broad SMARTS) is 1. The highest BCUT2D eigenvalue weighted by atomic mass is 35.5. The minimum Gasteiger partial charge on any atom is -0.478 e. The molecule has 9 nitrogen and oxygen atoms in total. The first-order valence-electron chi connectivity index (χ1n) is 10.1. The fourth-order valence-corrected chi connectivity index (χ4v) is 4.03. The van der Waals surface area contributed by atoms with E-state index in [0.29, 0.717) is 21.4 Å². The summed E-state index contributed by atoms with van der Waals surface area (Å²) in [5, 5.41) is 22.7. The van der Waals surface area contributed by atoms with E-state index in [4.69, 9.17) is 21.4 Å². The molecule has 4 rings (SSSR count). The highest BCUT2D eigenvalue weighted by Crippen LogP contribution is 2.30. The number of halogens is 1. The summed E-state index contributed by atoms with van der Waals surface area (Å²) in [6.45, 7) is 0.0548. The zero-order valence-electron chi connectivity index (χ0n) is 17.8. The van der Waals surface area contributed by atoms with Gasteiger partial charge in [-0.2, -0.15) is 0 Å². The molecule has 1 aromatic heterocycles. The first kappa shape index (κ1) is 23.9. The highest BCUT2D eigenvalue weighted by molar-refractivity contribution is 7.14. The van der Waals surface area contributed by atoms with Gasteiger partial charge in [-0.3, -0.25) is 10.1 Å². The van der Waals surface area contributed by atoms with Crippen molar-refractivity contribution in [3.8, 4) is 17.0 Å². The number of nitrogens with zero attached hydrogens (tertiary/aromatic N) is 3. The van der Waals surface area contributed by atoms with Crippen molar-refractivity contribution in [1.82, 2.24) is 4.98 Å². The summed E-state index contributed by atoms with van der Waals surface area (Å²) >= 11 is 7.19. The van der Waals surface area contributed by atoms with Crippen molar-refractivity contribution in [3.05, 3.63) is 104 Å². The van der Waals surface area contributed by atoms with Gasteiger partial charge in [0.05, 0.1) is 22.7 Å². The number of aromatic carboxylic acids is 1. The summed E-state index contributed by atoms with van der Waals surface area (Å²) in [4.78, 5) is 40.5. The molecular formula is C24H16ClN3O6S. The van der Waals surface area contributed by atoms with Gasteiger partial charge in [-0.1, -0.05) is 35.9 Å². The van der Waals surface area contributed by atoms with Crippen LogP contribution in [0.3, 0.4) is 0 Å². The molecular weight excluding hydrogens is 494 g/mol. The molecule has 0 saturated carbocycles. The number of thiazole rings is 1. The number of carboxylic acids is 1. The van der Waals surface area contributed by atoms with Crippen molar-refractivity contribution < 1.29 is 24.4 Å². The monoisotopic (exact) mass is 509 g/mol. The molecule has 0 unspecified atom stereocenters. The molecule has 1 heterocycles. The van der Waals surface area contributed by atoms with Gasteiger partial charge in [-0.05, 0) is 42.0 Å². The Morgan fingerprint density at radius 3 is 2.29 bits per heavy atom. The van der Waals surface area contributed by atoms with Crippen LogP contribution < -0.4 is 9.64 Å². The van der Waals surface area contributed by atoms with Crippen LogP contribution in [-0.4, -0.2) is 27.1 Å². The number of anilines is 1. The number of hydrogen-bond donors (Lipinski definition) is 1. The van der Waals surface area contributed by atoms with Gasteiger partial charge in [0.25, 0.3) is 5.69 Å². The maximum absolute atomic E-state index is 13.1. The van der Waals surface area contributed by atoms with E-state index in [-0.39, 0.29) is 23.5 Å². The Kier molecular flexibility index (Phi) is 7.04. The lowest BCUT2D eigenvalue weighted by Crippen LogP contribution is -2.33. The van der Waals surface area contributed by atoms with Crippen molar-refractivity contribution in [2.24, 2.45) is 0 Å². The van der Waals surface area contributed by atoms with E-state index in [1.54, 1.807) is 29.6 Å². The third-order valence-electron chi connectivity index (χ3n) is 4.88. The second kappa shape index (κ2) is 10.3. The van der Waals surface area contributed by atoms with E-state index < -0.39 is 17.0 Å². The van der Waals surface area contributed by atoms with E-state index in [9.17, 15) is 19.7 Å². The Bertz CT molecular complexity index is 1370. The molecule has 0 fully saturated rings. The first-order valence-corrected chi connectivity index (χ1v) is 11.3. The molecule has 0 radical (unpaired) electrons. The second-order valence-electron chi connectivity index (χ2n) is 7.23. The predicted molar refractivity (Wildman–Crippen MR) is 131 cm³/mol. The fourth-order valence-electron chi connectivity index (χ4n) is 3.08. The van der Waals surface area contributed by atoms with Crippen LogP contribution in [0.25, 0.3) is 11.3 Å². The van der Waals surface area contributed by atoms with Crippen LogP contribution in [0.4, 0.5) is 15.6 Å². The minimum atomic E-state index is -1.06. The third-order valence-corrected chi connectivity index (χ3v) is 5.99. The van der Waals surface area contributed by atoms with Crippen LogP contribution in [0.15, 0.2) is 78.2 Å². The van der Waals surface area contributed by atoms with Crippen LogP contribution in [0.1, 0.15) is 15.9 Å². The van der Waals surface area contributed by atoms with Gasteiger partial charge in [0.1, 0.15) is 5.75 Å². The summed E-state index contributed by atoms with van der Waals surface area (Å²) in [7, 11) is 0. The number of aromatic nitrogens is 1. The normalized spacial score (nSPS) is 10.5. The van der Waals surface area contributed by atoms with Crippen LogP contribution in [0.5, 0.6) is 5.75 Å². The zero-order valence-corrected chi connectivity index (χ0v) is 19.4. The smallest absolute Gasteiger partial charge is 0.421 e. The number of hydrogen-bond acceptors (Lipinski definition) is 7. The Hall–Kier alpha value is -4.28. The van der Waals surface area contributed by atoms with Crippen LogP contribution in [0, 0.1) is 10.1 Å². The lowest BCUT2D eigenvalue weighted by atomic mass is 10.1. The number of benzene rings is 3. The minimum absolute atomic E-state index is 0.0548. The topological polar surface area (TPSA) is 123 Å². The van der Waals surface area contributed by atoms with Gasteiger partial charge in [0, 0.05) is 28.1 Å². The van der Waals surface area contributed by atoms with Gasteiger partial charge < -0.3 is 9.84 Å². The Morgan fingerprint density at radius 1 is 1.03 bits per heavy atom. The maximum atomic E-state index is 13.1. The van der Waals surface area contributed by atoms with E-state index in [2.05, 4.69) is 4.98 Å². The third kappa shape index (κ3) is 5.81. The van der Waals surface area contributed by atoms with E-state index in [1.165, 1.54) is 52.6 Å². The molecule has 3 aromatic carbocycles. The average molecular weight is 510 g/mol. The van der Waals surface area contributed by atoms with Crippen molar-refractivity contribution in [2.45, 2.75) is 6.54 Å². The SMILES string of the molecule is O=C(O)c1ccc(CN(C(=O)Oc2ccc([N+](=O)[O-])cc2)c2nc(-c3ccc(Cl)cc3)cs2)cc1. The maximum Gasteiger partial charge on any atom is 0.421 e. The molecule has 0 aliphatic rings. The van der Waals surface area contributed by atoms with Crippen LogP contribution >= 0.6 is 22.9 Å². The average Bonchev–Trinajstić information content (AvgIpc) is 3.33. The lowest BCUT2D eigenvalue weighted by molar-refractivity contribution is -0.384. The standard InChI is InChI=1S/C24H16ClN3O6S/c25-18-7-5-16(6-8-18)21-14-35-23(26-21)27(13-15-1-3-17(4-2-15)22(29)30)24(31)34-20-11-9-19(10-12-20)28(32)33/h1-12,14H,13H2,(H,29,30). The lowest BCUT2D eigenvalue weighted by Gasteiger charge is -2.19. The molecule has 0 spiro atoms. The molecule has 1 amide bonds. The summed E-state index contributed by atoms with van der Waals surface area (Å²) < 4.78 is 5.45.